The second-order valence-corrected chi connectivity index (χ2v) is 5.85. The first-order chi connectivity index (χ1) is 10.8. The summed E-state index contributed by atoms with van der Waals surface area (Å²) in [5.41, 5.74) is 4.19. The maximum absolute atomic E-state index is 2.40. The molecule has 0 N–H and O–H groups in total. The fourth-order valence-corrected chi connectivity index (χ4v) is 3.22. The summed E-state index contributed by atoms with van der Waals surface area (Å²) in [6.45, 7) is 4.50. The van der Waals surface area contributed by atoms with Gasteiger partial charge in [0.2, 0.25) is 5.69 Å². The van der Waals surface area contributed by atoms with Gasteiger partial charge in [0.15, 0.2) is 11.9 Å². The number of para-hydroxylation sites is 1. The Kier molecular flexibility index (Phi) is 4.53. The van der Waals surface area contributed by atoms with E-state index >= 15 is 0 Å². The molecule has 3 rings (SSSR count). The van der Waals surface area contributed by atoms with Gasteiger partial charge < -0.3 is 0 Å². The van der Waals surface area contributed by atoms with Crippen molar-refractivity contribution in [2.45, 2.75) is 39.5 Å². The lowest BCUT2D eigenvalue weighted by Crippen LogP contribution is -2.36. The lowest BCUT2D eigenvalue weighted by molar-refractivity contribution is -0.603. The van der Waals surface area contributed by atoms with Crippen LogP contribution in [-0.2, 0) is 12.8 Å². The zero-order valence-corrected chi connectivity index (χ0v) is 13.5. The molecule has 22 heavy (non-hydrogen) atoms. The number of fused-ring (bicyclic) bond motifs is 1. The molecule has 2 aromatic carbocycles. The molecule has 0 fully saturated rings. The Hall–Kier alpha value is -2.15. The number of pyridine rings is 1. The Morgan fingerprint density at radius 1 is 0.773 bits per heavy atom. The van der Waals surface area contributed by atoms with E-state index < -0.39 is 0 Å². The van der Waals surface area contributed by atoms with E-state index in [1.807, 2.05) is 0 Å². The third kappa shape index (κ3) is 2.76. The highest BCUT2D eigenvalue weighted by Crippen LogP contribution is 2.20. The Morgan fingerprint density at radius 3 is 2.32 bits per heavy atom. The fourth-order valence-electron chi connectivity index (χ4n) is 3.22. The van der Waals surface area contributed by atoms with Gasteiger partial charge in [-0.1, -0.05) is 56.7 Å². The molecule has 0 aliphatic rings. The van der Waals surface area contributed by atoms with Gasteiger partial charge in [-0.3, -0.25) is 0 Å². The minimum Gasteiger partial charge on any atom is -0.164 e. The molecule has 0 bridgehead atoms. The standard InChI is InChI=1S/C21H24N/c1-3-9-18-12-6-8-14-20(18)22-16-15-17-11-5-7-13-19(17)21(22)10-4-2/h5-8,11-16H,3-4,9-10H2,1-2H3/q+1. The van der Waals surface area contributed by atoms with E-state index in [1.54, 1.807) is 0 Å². The molecule has 0 saturated heterocycles. The van der Waals surface area contributed by atoms with Crippen LogP contribution >= 0.6 is 0 Å². The van der Waals surface area contributed by atoms with Gasteiger partial charge in [0.25, 0.3) is 0 Å². The first kappa shape index (κ1) is 14.8. The summed E-state index contributed by atoms with van der Waals surface area (Å²) in [4.78, 5) is 0. The van der Waals surface area contributed by atoms with Crippen LogP contribution in [0.2, 0.25) is 0 Å². The van der Waals surface area contributed by atoms with Crippen molar-refractivity contribution in [3.63, 3.8) is 0 Å². The van der Waals surface area contributed by atoms with Crippen LogP contribution < -0.4 is 4.57 Å². The van der Waals surface area contributed by atoms with Crippen molar-refractivity contribution in [2.24, 2.45) is 0 Å². The molecule has 1 nitrogen and oxygen atoms in total. The molecule has 0 unspecified atom stereocenters. The summed E-state index contributed by atoms with van der Waals surface area (Å²) in [5.74, 6) is 0. The zero-order chi connectivity index (χ0) is 15.4. The molecule has 1 heterocycles. The zero-order valence-electron chi connectivity index (χ0n) is 13.5. The predicted octanol–water partition coefficient (Wildman–Crippen LogP) is 5.02. The topological polar surface area (TPSA) is 3.88 Å². The quantitative estimate of drug-likeness (QED) is 0.581. The number of aromatic nitrogens is 1. The van der Waals surface area contributed by atoms with E-state index in [-0.39, 0.29) is 0 Å². The smallest absolute Gasteiger partial charge is 0.164 e. The maximum Gasteiger partial charge on any atom is 0.214 e. The lowest BCUT2D eigenvalue weighted by Gasteiger charge is -2.09. The first-order valence-electron chi connectivity index (χ1n) is 8.35. The average Bonchev–Trinajstić information content (AvgIpc) is 2.56. The Morgan fingerprint density at radius 2 is 1.50 bits per heavy atom. The van der Waals surface area contributed by atoms with Gasteiger partial charge in [0.05, 0.1) is 0 Å². The minimum atomic E-state index is 1.10. The average molecular weight is 290 g/mol. The third-order valence-corrected chi connectivity index (χ3v) is 4.22. The Balaban J connectivity index is 2.24. The molecular formula is C21H24N+. The van der Waals surface area contributed by atoms with Crippen LogP contribution in [0.4, 0.5) is 0 Å². The normalized spacial score (nSPS) is 11.0. The molecule has 0 amide bonds. The molecule has 0 aliphatic carbocycles. The highest BCUT2D eigenvalue weighted by atomic mass is 15.0. The van der Waals surface area contributed by atoms with Crippen molar-refractivity contribution in [2.75, 3.05) is 0 Å². The summed E-state index contributed by atoms with van der Waals surface area (Å²) in [5, 5.41) is 2.70. The summed E-state index contributed by atoms with van der Waals surface area (Å²) in [6, 6.07) is 19.8. The van der Waals surface area contributed by atoms with Gasteiger partial charge in [-0.2, -0.15) is 4.57 Å². The van der Waals surface area contributed by atoms with Crippen molar-refractivity contribution < 1.29 is 4.57 Å². The van der Waals surface area contributed by atoms with Gasteiger partial charge >= 0.3 is 0 Å². The van der Waals surface area contributed by atoms with E-state index in [0.717, 1.165) is 19.3 Å². The highest BCUT2D eigenvalue weighted by molar-refractivity contribution is 5.83. The van der Waals surface area contributed by atoms with E-state index in [1.165, 1.54) is 34.1 Å². The third-order valence-electron chi connectivity index (χ3n) is 4.22. The van der Waals surface area contributed by atoms with Crippen molar-refractivity contribution in [1.29, 1.82) is 0 Å². The van der Waals surface area contributed by atoms with Crippen LogP contribution in [0.25, 0.3) is 16.5 Å². The van der Waals surface area contributed by atoms with Crippen molar-refractivity contribution in [3.05, 3.63) is 72.1 Å². The molecule has 0 radical (unpaired) electrons. The molecule has 0 aliphatic heterocycles. The number of aryl methyl sites for hydroxylation is 2. The number of rotatable bonds is 5. The lowest BCUT2D eigenvalue weighted by atomic mass is 10.0. The number of nitrogens with zero attached hydrogens (tertiary/aromatic N) is 1. The summed E-state index contributed by atoms with van der Waals surface area (Å²) in [6.07, 6.45) is 6.80. The van der Waals surface area contributed by atoms with Crippen LogP contribution in [0.15, 0.2) is 60.8 Å². The molecule has 1 aromatic heterocycles. The number of hydrogen-bond acceptors (Lipinski definition) is 0. The summed E-state index contributed by atoms with van der Waals surface area (Å²) in [7, 11) is 0. The van der Waals surface area contributed by atoms with E-state index in [4.69, 9.17) is 0 Å². The van der Waals surface area contributed by atoms with Crippen LogP contribution in [0, 0.1) is 0 Å². The molecule has 0 spiro atoms. The Labute approximate surface area is 133 Å². The van der Waals surface area contributed by atoms with Gasteiger partial charge in [-0.05, 0) is 24.3 Å². The second kappa shape index (κ2) is 6.74. The van der Waals surface area contributed by atoms with Gasteiger partial charge in [-0.25, -0.2) is 0 Å². The summed E-state index contributed by atoms with van der Waals surface area (Å²) >= 11 is 0. The monoisotopic (exact) mass is 290 g/mol. The maximum atomic E-state index is 2.40. The van der Waals surface area contributed by atoms with Crippen LogP contribution in [-0.4, -0.2) is 0 Å². The molecule has 1 heteroatoms. The van der Waals surface area contributed by atoms with Crippen molar-refractivity contribution in [1.82, 2.24) is 0 Å². The van der Waals surface area contributed by atoms with Gasteiger partial charge in [0.1, 0.15) is 0 Å². The first-order valence-corrected chi connectivity index (χ1v) is 8.35. The predicted molar refractivity (Wildman–Crippen MR) is 93.5 cm³/mol. The SMILES string of the molecule is CCCc1ccccc1-[n+]1ccc2ccccc2c1CCC. The van der Waals surface area contributed by atoms with Crippen LogP contribution in [0.3, 0.4) is 0 Å². The van der Waals surface area contributed by atoms with Crippen molar-refractivity contribution in [3.8, 4) is 5.69 Å². The fraction of sp³-hybridized carbons (Fsp3) is 0.286. The van der Waals surface area contributed by atoms with E-state index in [0.29, 0.717) is 0 Å². The molecule has 3 aromatic rings. The molecule has 0 saturated carbocycles. The van der Waals surface area contributed by atoms with Gasteiger partial charge in [-0.15, -0.1) is 0 Å². The van der Waals surface area contributed by atoms with Crippen molar-refractivity contribution >= 4 is 10.8 Å². The molecule has 0 atom stereocenters. The number of hydrogen-bond donors (Lipinski definition) is 0. The Bertz CT molecular complexity index is 774. The summed E-state index contributed by atoms with van der Waals surface area (Å²) < 4.78 is 2.40. The second-order valence-electron chi connectivity index (χ2n) is 5.85. The highest BCUT2D eigenvalue weighted by Gasteiger charge is 2.19. The molecule has 112 valence electrons. The minimum absolute atomic E-state index is 1.10. The number of benzene rings is 2. The largest absolute Gasteiger partial charge is 0.214 e. The van der Waals surface area contributed by atoms with Crippen LogP contribution in [0.1, 0.15) is 37.9 Å². The van der Waals surface area contributed by atoms with Crippen LogP contribution in [0.5, 0.6) is 0 Å². The van der Waals surface area contributed by atoms with Gasteiger partial charge in [0, 0.05) is 29.5 Å². The molecular weight excluding hydrogens is 266 g/mol. The van der Waals surface area contributed by atoms with E-state index in [2.05, 4.69) is 79.2 Å². The van der Waals surface area contributed by atoms with E-state index in [9.17, 15) is 0 Å².